The van der Waals surface area contributed by atoms with Crippen LogP contribution in [0.2, 0.25) is 0 Å². The number of rotatable bonds is 9. The summed E-state index contributed by atoms with van der Waals surface area (Å²) >= 11 is 0. The fraction of sp³-hybridized carbons (Fsp3) is 0.536. The van der Waals surface area contributed by atoms with Gasteiger partial charge in [-0.3, -0.25) is 14.3 Å². The van der Waals surface area contributed by atoms with Crippen LogP contribution in [0.3, 0.4) is 0 Å². The van der Waals surface area contributed by atoms with Crippen molar-refractivity contribution in [1.82, 2.24) is 14.7 Å². The molecule has 1 aromatic carbocycles. The van der Waals surface area contributed by atoms with Crippen LogP contribution in [-0.4, -0.2) is 63.0 Å². The van der Waals surface area contributed by atoms with Crippen molar-refractivity contribution < 1.29 is 28.9 Å². The number of aromatic nitrogens is 2. The number of hydrogen-bond donors (Lipinski definition) is 2. The maximum atomic E-state index is 13.6. The molecule has 2 aromatic rings. The molecule has 0 saturated heterocycles. The van der Waals surface area contributed by atoms with Crippen LogP contribution in [0.5, 0.6) is 17.2 Å². The minimum Gasteiger partial charge on any atom is -0.486 e. The standard InChI is InChI=1S/C28H36N4O6/c1-28(2,35)18-31-12-11-24(30-31)29-27(34)21(15-19-7-4-3-5-8-19)32-17-20(16-25(32)33)38-23-10-6-9-22-26(23)37-14-13-36-22/h6,9-12,16,19,21,35H,3-5,7-8,13-15,17-18H2,1-2H3,(H,29,30,34). The van der Waals surface area contributed by atoms with Gasteiger partial charge in [-0.2, -0.15) is 5.10 Å². The molecule has 0 spiro atoms. The topological polar surface area (TPSA) is 115 Å². The van der Waals surface area contributed by atoms with Crippen LogP contribution >= 0.6 is 0 Å². The zero-order valence-corrected chi connectivity index (χ0v) is 22.0. The minimum atomic E-state index is -0.935. The number of para-hydroxylation sites is 1. The van der Waals surface area contributed by atoms with E-state index in [0.717, 1.165) is 25.7 Å². The van der Waals surface area contributed by atoms with Crippen molar-refractivity contribution in [2.75, 3.05) is 25.1 Å². The zero-order chi connectivity index (χ0) is 26.7. The second-order valence-corrected chi connectivity index (χ2v) is 10.9. The quantitative estimate of drug-likeness (QED) is 0.516. The van der Waals surface area contributed by atoms with Crippen molar-refractivity contribution in [3.05, 3.63) is 42.3 Å². The molecule has 0 bridgehead atoms. The molecule has 3 aliphatic rings. The lowest BCUT2D eigenvalue weighted by molar-refractivity contribution is -0.134. The maximum absolute atomic E-state index is 13.6. The van der Waals surface area contributed by atoms with Gasteiger partial charge in [0.25, 0.3) is 5.91 Å². The first-order valence-electron chi connectivity index (χ1n) is 13.4. The summed E-state index contributed by atoms with van der Waals surface area (Å²) in [5.74, 6) is 2.28. The lowest BCUT2D eigenvalue weighted by Gasteiger charge is -2.31. The van der Waals surface area contributed by atoms with Crippen molar-refractivity contribution in [2.24, 2.45) is 5.92 Å². The highest BCUT2D eigenvalue weighted by Gasteiger charge is 2.37. The molecule has 5 rings (SSSR count). The Morgan fingerprint density at radius 3 is 2.79 bits per heavy atom. The summed E-state index contributed by atoms with van der Waals surface area (Å²) in [4.78, 5) is 28.3. The van der Waals surface area contributed by atoms with Gasteiger partial charge in [0.2, 0.25) is 11.7 Å². The zero-order valence-electron chi connectivity index (χ0n) is 22.0. The van der Waals surface area contributed by atoms with E-state index in [4.69, 9.17) is 14.2 Å². The Balaban J connectivity index is 1.30. The molecule has 3 heterocycles. The van der Waals surface area contributed by atoms with E-state index in [1.807, 2.05) is 12.1 Å². The smallest absolute Gasteiger partial charge is 0.251 e. The van der Waals surface area contributed by atoms with Crippen LogP contribution in [0, 0.1) is 5.92 Å². The molecule has 1 atom stereocenters. The third-order valence-electron chi connectivity index (χ3n) is 7.07. The number of hydrogen-bond acceptors (Lipinski definition) is 7. The SMILES string of the molecule is CC(C)(O)Cn1ccc(NC(=O)C(CC2CCCCC2)N2CC(Oc3cccc4c3OCCO4)=CC2=O)n1. The van der Waals surface area contributed by atoms with Crippen molar-refractivity contribution in [3.8, 4) is 17.2 Å². The van der Waals surface area contributed by atoms with E-state index < -0.39 is 11.6 Å². The molecule has 1 fully saturated rings. The van der Waals surface area contributed by atoms with Gasteiger partial charge in [0.1, 0.15) is 25.0 Å². The number of aliphatic hydroxyl groups is 1. The van der Waals surface area contributed by atoms with Gasteiger partial charge in [0.05, 0.1) is 18.7 Å². The number of ether oxygens (including phenoxy) is 3. The molecule has 1 unspecified atom stereocenters. The van der Waals surface area contributed by atoms with E-state index in [1.165, 1.54) is 12.5 Å². The molecule has 2 N–H and O–H groups in total. The fourth-order valence-corrected chi connectivity index (χ4v) is 5.34. The second-order valence-electron chi connectivity index (χ2n) is 10.9. The highest BCUT2D eigenvalue weighted by Crippen LogP contribution is 2.40. The molecule has 10 heteroatoms. The van der Waals surface area contributed by atoms with Crippen molar-refractivity contribution in [1.29, 1.82) is 0 Å². The monoisotopic (exact) mass is 524 g/mol. The summed E-state index contributed by atoms with van der Waals surface area (Å²) in [5.41, 5.74) is -0.935. The summed E-state index contributed by atoms with van der Waals surface area (Å²) in [6.45, 7) is 4.77. The Labute approximate surface area is 222 Å². The number of fused-ring (bicyclic) bond motifs is 1. The van der Waals surface area contributed by atoms with Gasteiger partial charge in [-0.25, -0.2) is 0 Å². The van der Waals surface area contributed by atoms with Gasteiger partial charge >= 0.3 is 0 Å². The van der Waals surface area contributed by atoms with Crippen LogP contribution in [0.15, 0.2) is 42.3 Å². The second kappa shape index (κ2) is 11.1. The fourth-order valence-electron chi connectivity index (χ4n) is 5.34. The Bertz CT molecular complexity index is 1190. The lowest BCUT2D eigenvalue weighted by atomic mass is 9.84. The number of carbonyl (C=O) groups is 2. The largest absolute Gasteiger partial charge is 0.486 e. The lowest BCUT2D eigenvalue weighted by Crippen LogP contribution is -2.46. The third kappa shape index (κ3) is 6.30. The van der Waals surface area contributed by atoms with Gasteiger partial charge in [-0.15, -0.1) is 0 Å². The number of nitrogens with zero attached hydrogens (tertiary/aromatic N) is 3. The number of carbonyl (C=O) groups excluding carboxylic acids is 2. The van der Waals surface area contributed by atoms with Crippen LogP contribution in [0.4, 0.5) is 5.82 Å². The Morgan fingerprint density at radius 2 is 2.00 bits per heavy atom. The Morgan fingerprint density at radius 1 is 1.21 bits per heavy atom. The maximum Gasteiger partial charge on any atom is 0.251 e. The van der Waals surface area contributed by atoms with Crippen LogP contribution in [0.1, 0.15) is 52.4 Å². The normalized spacial score (nSPS) is 18.8. The van der Waals surface area contributed by atoms with Crippen molar-refractivity contribution >= 4 is 17.6 Å². The summed E-state index contributed by atoms with van der Waals surface area (Å²) in [5, 5.41) is 17.4. The van der Waals surface area contributed by atoms with Gasteiger partial charge in [0, 0.05) is 18.3 Å². The molecule has 2 aliphatic heterocycles. The first-order chi connectivity index (χ1) is 18.2. The summed E-state index contributed by atoms with van der Waals surface area (Å²) in [6, 6.07) is 6.44. The van der Waals surface area contributed by atoms with E-state index in [0.29, 0.717) is 60.9 Å². The predicted molar refractivity (Wildman–Crippen MR) is 140 cm³/mol. The molecule has 38 heavy (non-hydrogen) atoms. The van der Waals surface area contributed by atoms with Gasteiger partial charge in [-0.05, 0) is 38.3 Å². The predicted octanol–water partition coefficient (Wildman–Crippen LogP) is 3.51. The molecule has 10 nitrogen and oxygen atoms in total. The molecule has 0 radical (unpaired) electrons. The first-order valence-corrected chi connectivity index (χ1v) is 13.4. The van der Waals surface area contributed by atoms with Gasteiger partial charge in [0.15, 0.2) is 17.3 Å². The van der Waals surface area contributed by atoms with E-state index in [9.17, 15) is 14.7 Å². The third-order valence-corrected chi connectivity index (χ3v) is 7.07. The van der Waals surface area contributed by atoms with E-state index in [1.54, 1.807) is 41.8 Å². The summed E-state index contributed by atoms with van der Waals surface area (Å²) in [7, 11) is 0. The molecular formula is C28H36N4O6. The van der Waals surface area contributed by atoms with Crippen molar-refractivity contribution in [2.45, 2.75) is 70.6 Å². The average molecular weight is 525 g/mol. The molecule has 2 amide bonds. The van der Waals surface area contributed by atoms with E-state index in [2.05, 4.69) is 10.4 Å². The molecule has 1 aliphatic carbocycles. The summed E-state index contributed by atoms with van der Waals surface area (Å²) < 4.78 is 19.0. The van der Waals surface area contributed by atoms with Gasteiger partial charge < -0.3 is 29.5 Å². The number of benzene rings is 1. The highest BCUT2D eigenvalue weighted by molar-refractivity contribution is 5.99. The highest BCUT2D eigenvalue weighted by atomic mass is 16.6. The Kier molecular flexibility index (Phi) is 7.60. The number of amides is 2. The van der Waals surface area contributed by atoms with Crippen LogP contribution in [-0.2, 0) is 16.1 Å². The van der Waals surface area contributed by atoms with Crippen LogP contribution in [0.25, 0.3) is 0 Å². The number of nitrogens with one attached hydrogen (secondary N) is 1. The molecule has 204 valence electrons. The molecule has 1 saturated carbocycles. The van der Waals surface area contributed by atoms with E-state index in [-0.39, 0.29) is 18.4 Å². The Hall–Kier alpha value is -3.53. The average Bonchev–Trinajstić information content (AvgIpc) is 3.47. The summed E-state index contributed by atoms with van der Waals surface area (Å²) in [6.07, 6.45) is 9.34. The van der Waals surface area contributed by atoms with Gasteiger partial charge in [-0.1, -0.05) is 38.2 Å². The first kappa shape index (κ1) is 26.1. The molecule has 1 aromatic heterocycles. The van der Waals surface area contributed by atoms with Crippen molar-refractivity contribution in [3.63, 3.8) is 0 Å². The minimum absolute atomic E-state index is 0.182. The van der Waals surface area contributed by atoms with E-state index >= 15 is 0 Å². The number of anilines is 1. The molecular weight excluding hydrogens is 488 g/mol. The van der Waals surface area contributed by atoms with Crippen LogP contribution < -0.4 is 19.5 Å².